The molecule has 0 saturated carbocycles. The van der Waals surface area contributed by atoms with Crippen LogP contribution in [0.15, 0.2) is 0 Å². The van der Waals surface area contributed by atoms with Gasteiger partial charge in [-0.05, 0) is 34.6 Å². The summed E-state index contributed by atoms with van der Waals surface area (Å²) < 4.78 is 9.78. The first-order valence-electron chi connectivity index (χ1n) is 5.56. The summed E-state index contributed by atoms with van der Waals surface area (Å²) in [5.41, 5.74) is -0.681. The molecule has 5 heteroatoms. The molecular weight excluding hydrogens is 224 g/mol. The van der Waals surface area contributed by atoms with Gasteiger partial charge in [0.1, 0.15) is 17.3 Å². The molecule has 0 aromatic carbocycles. The molecule has 0 aromatic heterocycles. The van der Waals surface area contributed by atoms with Gasteiger partial charge in [-0.25, -0.2) is 0 Å². The highest BCUT2D eigenvalue weighted by molar-refractivity contribution is 6.00. The standard InChI is InChI=1S/C12H20O5/c1-6-16-10(14)7-9(8(2)13)11(15)17-12(3,4)5/h9H,6-7H2,1-5H3. The van der Waals surface area contributed by atoms with Crippen LogP contribution in [0.1, 0.15) is 41.0 Å². The van der Waals surface area contributed by atoms with Crippen LogP contribution in [0.2, 0.25) is 0 Å². The second-order valence-electron chi connectivity index (χ2n) is 4.71. The van der Waals surface area contributed by atoms with E-state index in [1.54, 1.807) is 27.7 Å². The van der Waals surface area contributed by atoms with Crippen molar-refractivity contribution in [3.8, 4) is 0 Å². The van der Waals surface area contributed by atoms with E-state index < -0.39 is 29.2 Å². The van der Waals surface area contributed by atoms with E-state index in [1.807, 2.05) is 0 Å². The summed E-state index contributed by atoms with van der Waals surface area (Å²) >= 11 is 0. The van der Waals surface area contributed by atoms with E-state index in [0.29, 0.717) is 0 Å². The van der Waals surface area contributed by atoms with E-state index in [9.17, 15) is 14.4 Å². The molecule has 0 bridgehead atoms. The Morgan fingerprint density at radius 1 is 1.18 bits per heavy atom. The summed E-state index contributed by atoms with van der Waals surface area (Å²) in [6.07, 6.45) is -0.266. The van der Waals surface area contributed by atoms with Gasteiger partial charge in [-0.2, -0.15) is 0 Å². The van der Waals surface area contributed by atoms with Crippen LogP contribution in [0.4, 0.5) is 0 Å². The Labute approximate surface area is 101 Å². The van der Waals surface area contributed by atoms with Crippen molar-refractivity contribution in [1.82, 2.24) is 0 Å². The Morgan fingerprint density at radius 2 is 1.71 bits per heavy atom. The van der Waals surface area contributed by atoms with Crippen molar-refractivity contribution in [2.45, 2.75) is 46.6 Å². The van der Waals surface area contributed by atoms with Gasteiger partial charge in [-0.1, -0.05) is 0 Å². The number of ether oxygens (including phenoxy) is 2. The van der Waals surface area contributed by atoms with Crippen molar-refractivity contribution in [2.75, 3.05) is 6.61 Å². The van der Waals surface area contributed by atoms with Crippen LogP contribution in [0.3, 0.4) is 0 Å². The maximum atomic E-state index is 11.7. The Bertz CT molecular complexity index is 301. The van der Waals surface area contributed by atoms with Crippen LogP contribution < -0.4 is 0 Å². The second-order valence-corrected chi connectivity index (χ2v) is 4.71. The number of hydrogen-bond acceptors (Lipinski definition) is 5. The first kappa shape index (κ1) is 15.6. The zero-order valence-electron chi connectivity index (χ0n) is 11.0. The predicted octanol–water partition coefficient (Wildman–Crippen LogP) is 1.49. The summed E-state index contributed by atoms with van der Waals surface area (Å²) in [5.74, 6) is -2.72. The summed E-state index contributed by atoms with van der Waals surface area (Å²) in [4.78, 5) is 34.2. The van der Waals surface area contributed by atoms with Crippen molar-refractivity contribution in [2.24, 2.45) is 5.92 Å². The van der Waals surface area contributed by atoms with Crippen LogP contribution in [0, 0.1) is 5.92 Å². The molecule has 0 heterocycles. The molecule has 5 nitrogen and oxygen atoms in total. The minimum absolute atomic E-state index is 0.220. The summed E-state index contributed by atoms with van der Waals surface area (Å²) in [5, 5.41) is 0. The highest BCUT2D eigenvalue weighted by Crippen LogP contribution is 2.15. The minimum atomic E-state index is -1.08. The quantitative estimate of drug-likeness (QED) is 0.541. The van der Waals surface area contributed by atoms with Crippen molar-refractivity contribution < 1.29 is 23.9 Å². The largest absolute Gasteiger partial charge is 0.466 e. The monoisotopic (exact) mass is 244 g/mol. The minimum Gasteiger partial charge on any atom is -0.466 e. The predicted molar refractivity (Wildman–Crippen MR) is 61.3 cm³/mol. The van der Waals surface area contributed by atoms with Crippen LogP contribution in [0.25, 0.3) is 0 Å². The van der Waals surface area contributed by atoms with Gasteiger partial charge >= 0.3 is 11.9 Å². The number of Topliss-reactive ketones (excluding diaryl/α,β-unsaturated/α-hetero) is 1. The molecule has 17 heavy (non-hydrogen) atoms. The van der Waals surface area contributed by atoms with Gasteiger partial charge in [0.2, 0.25) is 0 Å². The molecule has 0 aromatic rings. The molecule has 1 unspecified atom stereocenters. The van der Waals surface area contributed by atoms with Gasteiger partial charge in [0.25, 0.3) is 0 Å². The average Bonchev–Trinajstić information content (AvgIpc) is 2.11. The maximum absolute atomic E-state index is 11.7. The average molecular weight is 244 g/mol. The van der Waals surface area contributed by atoms with E-state index in [4.69, 9.17) is 9.47 Å². The van der Waals surface area contributed by atoms with Gasteiger partial charge in [-0.15, -0.1) is 0 Å². The Balaban J connectivity index is 4.59. The summed E-state index contributed by atoms with van der Waals surface area (Å²) in [6.45, 7) is 8.24. The maximum Gasteiger partial charge on any atom is 0.317 e. The zero-order chi connectivity index (χ0) is 13.6. The highest BCUT2D eigenvalue weighted by atomic mass is 16.6. The third-order valence-electron chi connectivity index (χ3n) is 1.86. The van der Waals surface area contributed by atoms with Crippen LogP contribution in [-0.4, -0.2) is 29.9 Å². The number of ketones is 1. The molecule has 0 rings (SSSR count). The fourth-order valence-corrected chi connectivity index (χ4v) is 1.15. The number of rotatable bonds is 5. The van der Waals surface area contributed by atoms with E-state index in [-0.39, 0.29) is 13.0 Å². The van der Waals surface area contributed by atoms with Gasteiger partial charge in [0, 0.05) is 0 Å². The third kappa shape index (κ3) is 6.71. The van der Waals surface area contributed by atoms with E-state index in [1.165, 1.54) is 6.92 Å². The Morgan fingerprint density at radius 3 is 2.06 bits per heavy atom. The van der Waals surface area contributed by atoms with Crippen LogP contribution in [-0.2, 0) is 23.9 Å². The van der Waals surface area contributed by atoms with Crippen molar-refractivity contribution >= 4 is 17.7 Å². The molecule has 0 saturated heterocycles. The Hall–Kier alpha value is -1.39. The molecule has 0 radical (unpaired) electrons. The van der Waals surface area contributed by atoms with Crippen molar-refractivity contribution in [1.29, 1.82) is 0 Å². The highest BCUT2D eigenvalue weighted by Gasteiger charge is 2.31. The third-order valence-corrected chi connectivity index (χ3v) is 1.86. The van der Waals surface area contributed by atoms with Gasteiger partial charge in [0.15, 0.2) is 0 Å². The summed E-state index contributed by atoms with van der Waals surface area (Å²) in [7, 11) is 0. The fourth-order valence-electron chi connectivity index (χ4n) is 1.15. The summed E-state index contributed by atoms with van der Waals surface area (Å²) in [6, 6.07) is 0. The van der Waals surface area contributed by atoms with E-state index in [0.717, 1.165) is 0 Å². The molecule has 0 spiro atoms. The van der Waals surface area contributed by atoms with E-state index in [2.05, 4.69) is 0 Å². The van der Waals surface area contributed by atoms with Crippen LogP contribution in [0.5, 0.6) is 0 Å². The number of carbonyl (C=O) groups excluding carboxylic acids is 3. The van der Waals surface area contributed by atoms with Gasteiger partial charge in [0.05, 0.1) is 13.0 Å². The molecular formula is C12H20O5. The molecule has 0 N–H and O–H groups in total. The zero-order valence-corrected chi connectivity index (χ0v) is 11.0. The lowest BCUT2D eigenvalue weighted by atomic mass is 10.0. The van der Waals surface area contributed by atoms with E-state index >= 15 is 0 Å². The molecule has 0 aliphatic carbocycles. The lowest BCUT2D eigenvalue weighted by Gasteiger charge is -2.22. The lowest BCUT2D eigenvalue weighted by Crippen LogP contribution is -2.33. The SMILES string of the molecule is CCOC(=O)CC(C(C)=O)C(=O)OC(C)(C)C. The number of carbonyl (C=O) groups is 3. The Kier molecular flexibility index (Phi) is 5.85. The smallest absolute Gasteiger partial charge is 0.317 e. The number of hydrogen-bond donors (Lipinski definition) is 0. The number of esters is 2. The molecule has 0 fully saturated rings. The molecule has 0 aliphatic heterocycles. The second kappa shape index (κ2) is 6.37. The van der Waals surface area contributed by atoms with Crippen molar-refractivity contribution in [3.05, 3.63) is 0 Å². The lowest BCUT2D eigenvalue weighted by molar-refractivity contribution is -0.165. The van der Waals surface area contributed by atoms with Crippen molar-refractivity contribution in [3.63, 3.8) is 0 Å². The molecule has 0 amide bonds. The normalized spacial score (nSPS) is 12.8. The first-order valence-corrected chi connectivity index (χ1v) is 5.56. The first-order chi connectivity index (χ1) is 7.67. The van der Waals surface area contributed by atoms with Gasteiger partial charge in [-0.3, -0.25) is 14.4 Å². The molecule has 98 valence electrons. The molecule has 0 aliphatic rings. The van der Waals surface area contributed by atoms with Gasteiger partial charge < -0.3 is 9.47 Å². The topological polar surface area (TPSA) is 69.7 Å². The van der Waals surface area contributed by atoms with Crippen LogP contribution >= 0.6 is 0 Å². The molecule has 1 atom stereocenters. The fraction of sp³-hybridized carbons (Fsp3) is 0.750.